The van der Waals surface area contributed by atoms with E-state index in [-0.39, 0.29) is 0 Å². The average molecular weight is 336 g/mol. The molecule has 1 aromatic heterocycles. The molecule has 0 aromatic carbocycles. The number of nitrogens with one attached hydrogen (secondary N) is 2. The fourth-order valence-electron chi connectivity index (χ4n) is 3.24. The molecule has 1 atom stereocenters. The van der Waals surface area contributed by atoms with Crippen LogP contribution in [0, 0.1) is 6.92 Å². The molecule has 0 radical (unpaired) electrons. The van der Waals surface area contributed by atoms with Crippen molar-refractivity contribution in [2.75, 3.05) is 33.2 Å². The van der Waals surface area contributed by atoms with E-state index >= 15 is 0 Å². The van der Waals surface area contributed by atoms with Crippen molar-refractivity contribution in [3.05, 3.63) is 11.7 Å². The van der Waals surface area contributed by atoms with Crippen LogP contribution in [0.2, 0.25) is 0 Å². The number of aliphatic imine (C=N–C) groups is 1. The highest BCUT2D eigenvalue weighted by Gasteiger charge is 2.19. The number of hydrogen-bond donors (Lipinski definition) is 2. The van der Waals surface area contributed by atoms with Crippen LogP contribution in [-0.2, 0) is 6.42 Å². The molecular weight excluding hydrogens is 304 g/mol. The van der Waals surface area contributed by atoms with Gasteiger partial charge in [-0.2, -0.15) is 4.98 Å². The average Bonchev–Trinajstić information content (AvgIpc) is 3.02. The van der Waals surface area contributed by atoms with Gasteiger partial charge < -0.3 is 15.2 Å². The van der Waals surface area contributed by atoms with Gasteiger partial charge in [-0.05, 0) is 39.2 Å². The Bertz CT molecular complexity index is 501. The number of rotatable bonds is 8. The molecule has 0 aliphatic carbocycles. The maximum absolute atomic E-state index is 5.11. The molecule has 2 heterocycles. The van der Waals surface area contributed by atoms with Gasteiger partial charge in [0.1, 0.15) is 0 Å². The molecule has 1 saturated heterocycles. The fraction of sp³-hybridized carbons (Fsp3) is 0.824. The van der Waals surface area contributed by atoms with Gasteiger partial charge in [-0.15, -0.1) is 0 Å². The van der Waals surface area contributed by atoms with Crippen molar-refractivity contribution in [3.63, 3.8) is 0 Å². The lowest BCUT2D eigenvalue weighted by molar-refractivity contribution is 0.147. The summed E-state index contributed by atoms with van der Waals surface area (Å²) in [6.07, 6.45) is 7.04. The number of aryl methyl sites for hydroxylation is 2. The van der Waals surface area contributed by atoms with Crippen LogP contribution in [0.1, 0.15) is 50.7 Å². The second-order valence-electron chi connectivity index (χ2n) is 6.36. The first-order valence-electron chi connectivity index (χ1n) is 9.20. The van der Waals surface area contributed by atoms with Gasteiger partial charge in [0.15, 0.2) is 11.8 Å². The number of nitrogens with zero attached hydrogens (tertiary/aromatic N) is 4. The van der Waals surface area contributed by atoms with Crippen molar-refractivity contribution >= 4 is 5.96 Å². The highest BCUT2D eigenvalue weighted by atomic mass is 16.5. The number of hydrogen-bond acceptors (Lipinski definition) is 5. The Labute approximate surface area is 145 Å². The highest BCUT2D eigenvalue weighted by Crippen LogP contribution is 2.18. The fourth-order valence-corrected chi connectivity index (χ4v) is 3.24. The second kappa shape index (κ2) is 10.3. The molecule has 1 unspecified atom stereocenters. The van der Waals surface area contributed by atoms with E-state index in [0.717, 1.165) is 44.5 Å². The molecule has 1 aliphatic heterocycles. The summed E-state index contributed by atoms with van der Waals surface area (Å²) >= 11 is 0. The van der Waals surface area contributed by atoms with Gasteiger partial charge in [0.05, 0.1) is 0 Å². The van der Waals surface area contributed by atoms with Crippen molar-refractivity contribution < 1.29 is 4.52 Å². The second-order valence-corrected chi connectivity index (χ2v) is 6.36. The lowest BCUT2D eigenvalue weighted by Gasteiger charge is -2.35. The van der Waals surface area contributed by atoms with Crippen molar-refractivity contribution in [2.45, 2.75) is 58.4 Å². The summed E-state index contributed by atoms with van der Waals surface area (Å²) < 4.78 is 5.11. The predicted octanol–water partition coefficient (Wildman–Crippen LogP) is 1.74. The topological polar surface area (TPSA) is 78.6 Å². The maximum atomic E-state index is 5.11. The zero-order valence-corrected chi connectivity index (χ0v) is 15.3. The van der Waals surface area contributed by atoms with Crippen LogP contribution in [-0.4, -0.2) is 60.3 Å². The number of likely N-dealkylation sites (tertiary alicyclic amines) is 1. The zero-order valence-electron chi connectivity index (χ0n) is 15.3. The predicted molar refractivity (Wildman–Crippen MR) is 96.2 cm³/mol. The first kappa shape index (κ1) is 18.7. The molecule has 0 spiro atoms. The molecule has 0 amide bonds. The summed E-state index contributed by atoms with van der Waals surface area (Å²) in [5, 5.41) is 10.5. The van der Waals surface area contributed by atoms with E-state index in [0.29, 0.717) is 11.7 Å². The van der Waals surface area contributed by atoms with Gasteiger partial charge in [-0.1, -0.05) is 18.5 Å². The molecule has 136 valence electrons. The Kier molecular flexibility index (Phi) is 8.01. The lowest BCUT2D eigenvalue weighted by Crippen LogP contribution is -2.46. The van der Waals surface area contributed by atoms with Crippen molar-refractivity contribution in [3.8, 4) is 0 Å². The minimum Gasteiger partial charge on any atom is -0.356 e. The zero-order chi connectivity index (χ0) is 17.2. The van der Waals surface area contributed by atoms with Crippen LogP contribution in [0.15, 0.2) is 9.52 Å². The Balaban J connectivity index is 1.60. The SMILES string of the molecule is CCC1CCCCN1CCNC(=NC)NCCCc1nc(C)no1. The molecule has 1 aliphatic rings. The van der Waals surface area contributed by atoms with Crippen molar-refractivity contribution in [1.29, 1.82) is 0 Å². The van der Waals surface area contributed by atoms with Gasteiger partial charge in [0.25, 0.3) is 0 Å². The largest absolute Gasteiger partial charge is 0.356 e. The number of aromatic nitrogens is 2. The van der Waals surface area contributed by atoms with Gasteiger partial charge >= 0.3 is 0 Å². The third-order valence-corrected chi connectivity index (χ3v) is 4.56. The van der Waals surface area contributed by atoms with E-state index in [1.807, 2.05) is 14.0 Å². The Morgan fingerprint density at radius 2 is 2.17 bits per heavy atom. The van der Waals surface area contributed by atoms with Gasteiger partial charge in [-0.25, -0.2) is 0 Å². The minimum atomic E-state index is 0.693. The van der Waals surface area contributed by atoms with E-state index in [4.69, 9.17) is 4.52 Å². The molecule has 1 aromatic rings. The Morgan fingerprint density at radius 1 is 1.33 bits per heavy atom. The van der Waals surface area contributed by atoms with E-state index in [2.05, 4.69) is 37.6 Å². The van der Waals surface area contributed by atoms with Gasteiger partial charge in [0.2, 0.25) is 5.89 Å². The summed E-state index contributed by atoms with van der Waals surface area (Å²) in [7, 11) is 1.81. The molecule has 1 fully saturated rings. The summed E-state index contributed by atoms with van der Waals surface area (Å²) in [6.45, 7) is 8.21. The first-order chi connectivity index (χ1) is 11.7. The van der Waals surface area contributed by atoms with E-state index in [1.165, 1.54) is 32.2 Å². The summed E-state index contributed by atoms with van der Waals surface area (Å²) in [4.78, 5) is 11.1. The molecule has 24 heavy (non-hydrogen) atoms. The lowest BCUT2D eigenvalue weighted by atomic mass is 10.0. The van der Waals surface area contributed by atoms with Crippen LogP contribution in [0.5, 0.6) is 0 Å². The molecule has 7 heteroatoms. The Morgan fingerprint density at radius 3 is 2.88 bits per heavy atom. The van der Waals surface area contributed by atoms with E-state index in [1.54, 1.807) is 0 Å². The van der Waals surface area contributed by atoms with E-state index in [9.17, 15) is 0 Å². The van der Waals surface area contributed by atoms with Crippen LogP contribution in [0.4, 0.5) is 0 Å². The normalized spacial score (nSPS) is 19.5. The van der Waals surface area contributed by atoms with Gasteiger partial charge in [0, 0.05) is 39.1 Å². The summed E-state index contributed by atoms with van der Waals surface area (Å²) in [6, 6.07) is 0.758. The Hall–Kier alpha value is -1.63. The molecule has 0 saturated carbocycles. The quantitative estimate of drug-likeness (QED) is 0.428. The monoisotopic (exact) mass is 336 g/mol. The molecule has 7 nitrogen and oxygen atoms in total. The highest BCUT2D eigenvalue weighted by molar-refractivity contribution is 5.79. The summed E-state index contributed by atoms with van der Waals surface area (Å²) in [5.41, 5.74) is 0. The smallest absolute Gasteiger partial charge is 0.226 e. The first-order valence-corrected chi connectivity index (χ1v) is 9.20. The van der Waals surface area contributed by atoms with Crippen molar-refractivity contribution in [2.24, 2.45) is 4.99 Å². The van der Waals surface area contributed by atoms with Crippen LogP contribution in [0.25, 0.3) is 0 Å². The molecule has 2 rings (SSSR count). The standard InChI is InChI=1S/C17H32N6O/c1-4-15-8-5-6-12-23(15)13-11-20-17(18-3)19-10-7-9-16-21-14(2)22-24-16/h15H,4-13H2,1-3H3,(H2,18,19,20). The number of piperidine rings is 1. The maximum Gasteiger partial charge on any atom is 0.226 e. The number of guanidine groups is 1. The molecule has 2 N–H and O–H groups in total. The van der Waals surface area contributed by atoms with E-state index < -0.39 is 0 Å². The minimum absolute atomic E-state index is 0.693. The molecule has 0 bridgehead atoms. The third kappa shape index (κ3) is 6.11. The van der Waals surface area contributed by atoms with Crippen molar-refractivity contribution in [1.82, 2.24) is 25.7 Å². The van der Waals surface area contributed by atoms with Crippen LogP contribution in [0.3, 0.4) is 0 Å². The third-order valence-electron chi connectivity index (χ3n) is 4.56. The van der Waals surface area contributed by atoms with Crippen LogP contribution >= 0.6 is 0 Å². The van der Waals surface area contributed by atoms with Gasteiger partial charge in [-0.3, -0.25) is 9.89 Å². The molecular formula is C17H32N6O. The summed E-state index contributed by atoms with van der Waals surface area (Å²) in [5.74, 6) is 2.26. The van der Waals surface area contributed by atoms with Crippen LogP contribution < -0.4 is 10.6 Å².